The third-order valence-corrected chi connectivity index (χ3v) is 5.26. The average Bonchev–Trinajstić information content (AvgIpc) is 2.70. The van der Waals surface area contributed by atoms with Crippen molar-refractivity contribution in [2.45, 2.75) is 32.2 Å². The number of aryl methyl sites for hydroxylation is 1. The second kappa shape index (κ2) is 8.66. The number of aromatic nitrogens is 2. The van der Waals surface area contributed by atoms with Gasteiger partial charge in [-0.3, -0.25) is 4.79 Å². The van der Waals surface area contributed by atoms with Crippen LogP contribution in [0.4, 0.5) is 21.6 Å². The van der Waals surface area contributed by atoms with Gasteiger partial charge in [0.05, 0.1) is 16.9 Å². The van der Waals surface area contributed by atoms with Gasteiger partial charge in [-0.15, -0.1) is 0 Å². The summed E-state index contributed by atoms with van der Waals surface area (Å²) in [4.78, 5) is 20.7. The van der Waals surface area contributed by atoms with Crippen molar-refractivity contribution < 1.29 is 13.9 Å². The number of carbonyl (C=O) groups is 1. The van der Waals surface area contributed by atoms with Crippen molar-refractivity contribution >= 4 is 46.4 Å². The van der Waals surface area contributed by atoms with Gasteiger partial charge in [0.2, 0.25) is 0 Å². The SMILES string of the molecule is Cc1cc(N=S)cc2ncnc(Nc3ccc(F)cc3OCC(=O)NC3CCC3)c12. The molecule has 1 heterocycles. The molecule has 7 nitrogen and oxygen atoms in total. The largest absolute Gasteiger partial charge is 0.481 e. The van der Waals surface area contributed by atoms with Gasteiger partial charge in [-0.05, 0) is 56.0 Å². The van der Waals surface area contributed by atoms with Gasteiger partial charge in [-0.1, -0.05) is 0 Å². The van der Waals surface area contributed by atoms with Crippen molar-refractivity contribution in [2.24, 2.45) is 4.36 Å². The number of hydrogen-bond donors (Lipinski definition) is 2. The van der Waals surface area contributed by atoms with Crippen LogP contribution in [0.25, 0.3) is 10.9 Å². The molecule has 0 spiro atoms. The van der Waals surface area contributed by atoms with E-state index in [1.165, 1.54) is 18.5 Å². The highest BCUT2D eigenvalue weighted by Crippen LogP contribution is 2.33. The molecular formula is C21H20FN5O2S. The van der Waals surface area contributed by atoms with E-state index in [0.717, 1.165) is 30.2 Å². The number of carbonyl (C=O) groups excluding carboxylic acids is 1. The number of nitrogens with zero attached hydrogens (tertiary/aromatic N) is 3. The summed E-state index contributed by atoms with van der Waals surface area (Å²) in [6.45, 7) is 1.72. The van der Waals surface area contributed by atoms with Gasteiger partial charge >= 0.3 is 0 Å². The summed E-state index contributed by atoms with van der Waals surface area (Å²) < 4.78 is 23.2. The maximum Gasteiger partial charge on any atom is 0.258 e. The molecule has 1 saturated carbocycles. The lowest BCUT2D eigenvalue weighted by molar-refractivity contribution is -0.124. The molecule has 1 amide bonds. The minimum absolute atomic E-state index is 0.193. The molecule has 0 radical (unpaired) electrons. The molecule has 3 aromatic rings. The molecule has 1 fully saturated rings. The van der Waals surface area contributed by atoms with E-state index in [-0.39, 0.29) is 24.3 Å². The monoisotopic (exact) mass is 425 g/mol. The van der Waals surface area contributed by atoms with Crippen LogP contribution in [0.2, 0.25) is 0 Å². The molecule has 0 unspecified atom stereocenters. The maximum atomic E-state index is 13.8. The van der Waals surface area contributed by atoms with E-state index in [1.807, 2.05) is 13.0 Å². The minimum Gasteiger partial charge on any atom is -0.481 e. The van der Waals surface area contributed by atoms with Gasteiger partial charge in [0, 0.05) is 29.9 Å². The molecule has 2 N–H and O–H groups in total. The Bertz CT molecular complexity index is 1120. The van der Waals surface area contributed by atoms with Crippen LogP contribution >= 0.6 is 0 Å². The molecule has 154 valence electrons. The second-order valence-electron chi connectivity index (χ2n) is 7.22. The van der Waals surface area contributed by atoms with Gasteiger partial charge in [-0.2, -0.15) is 4.36 Å². The van der Waals surface area contributed by atoms with Gasteiger partial charge in [0.1, 0.15) is 23.7 Å². The van der Waals surface area contributed by atoms with Crippen LogP contribution in [-0.4, -0.2) is 28.5 Å². The molecule has 1 aromatic heterocycles. The lowest BCUT2D eigenvalue weighted by atomic mass is 9.93. The van der Waals surface area contributed by atoms with E-state index < -0.39 is 5.82 Å². The summed E-state index contributed by atoms with van der Waals surface area (Å²) in [5.41, 5.74) is 2.71. The Morgan fingerprint density at radius 1 is 1.30 bits per heavy atom. The Balaban J connectivity index is 1.59. The fraction of sp³-hybridized carbons (Fsp3) is 0.286. The number of ether oxygens (including phenoxy) is 1. The van der Waals surface area contributed by atoms with Crippen LogP contribution in [-0.2, 0) is 17.2 Å². The first-order valence-corrected chi connectivity index (χ1v) is 9.97. The van der Waals surface area contributed by atoms with Gasteiger partial charge in [-0.25, -0.2) is 14.4 Å². The Kier molecular flexibility index (Phi) is 5.80. The van der Waals surface area contributed by atoms with Crippen molar-refractivity contribution in [3.8, 4) is 5.75 Å². The third-order valence-electron chi connectivity index (χ3n) is 5.05. The molecule has 9 heteroatoms. The summed E-state index contributed by atoms with van der Waals surface area (Å²) in [6.07, 6.45) is 4.52. The quantitative estimate of drug-likeness (QED) is 0.589. The zero-order valence-corrected chi connectivity index (χ0v) is 17.1. The lowest BCUT2D eigenvalue weighted by Crippen LogP contribution is -2.41. The first-order valence-electron chi connectivity index (χ1n) is 9.61. The summed E-state index contributed by atoms with van der Waals surface area (Å²) in [7, 11) is 0. The summed E-state index contributed by atoms with van der Waals surface area (Å²) in [5, 5.41) is 6.86. The Labute approximate surface area is 178 Å². The predicted octanol–water partition coefficient (Wildman–Crippen LogP) is 4.23. The highest BCUT2D eigenvalue weighted by molar-refractivity contribution is 7.47. The average molecular weight is 425 g/mol. The van der Waals surface area contributed by atoms with E-state index in [9.17, 15) is 9.18 Å². The van der Waals surface area contributed by atoms with E-state index in [1.54, 1.807) is 12.1 Å². The van der Waals surface area contributed by atoms with Gasteiger partial charge in [0.15, 0.2) is 6.61 Å². The zero-order valence-electron chi connectivity index (χ0n) is 16.3. The van der Waals surface area contributed by atoms with Gasteiger partial charge in [0.25, 0.3) is 5.91 Å². The van der Waals surface area contributed by atoms with Crippen molar-refractivity contribution in [1.82, 2.24) is 15.3 Å². The number of fused-ring (bicyclic) bond motifs is 1. The number of nitrogens with one attached hydrogen (secondary N) is 2. The van der Waals surface area contributed by atoms with E-state index in [4.69, 9.17) is 17.2 Å². The van der Waals surface area contributed by atoms with Crippen LogP contribution in [0.15, 0.2) is 41.0 Å². The highest BCUT2D eigenvalue weighted by Gasteiger charge is 2.20. The zero-order chi connectivity index (χ0) is 21.1. The summed E-state index contributed by atoms with van der Waals surface area (Å²) in [6, 6.07) is 7.93. The molecule has 1 aliphatic rings. The number of benzene rings is 2. The minimum atomic E-state index is -0.463. The first kappa shape index (κ1) is 20.1. The Morgan fingerprint density at radius 2 is 2.13 bits per heavy atom. The number of amides is 1. The number of halogens is 1. The molecule has 2 aromatic carbocycles. The van der Waals surface area contributed by atoms with Crippen LogP contribution in [0.1, 0.15) is 24.8 Å². The van der Waals surface area contributed by atoms with Crippen molar-refractivity contribution in [1.29, 1.82) is 0 Å². The molecule has 4 rings (SSSR count). The maximum absolute atomic E-state index is 13.8. The molecular weight excluding hydrogens is 405 g/mol. The molecule has 1 aliphatic carbocycles. The fourth-order valence-corrected chi connectivity index (χ4v) is 3.44. The Hall–Kier alpha value is -3.20. The van der Waals surface area contributed by atoms with E-state index >= 15 is 0 Å². The molecule has 30 heavy (non-hydrogen) atoms. The molecule has 0 saturated heterocycles. The van der Waals surface area contributed by atoms with Crippen molar-refractivity contribution in [3.05, 3.63) is 48.0 Å². The topological polar surface area (TPSA) is 88.5 Å². The predicted molar refractivity (Wildman–Crippen MR) is 115 cm³/mol. The molecule has 0 bridgehead atoms. The number of anilines is 2. The first-order chi connectivity index (χ1) is 14.5. The standard InChI is InChI=1S/C21H20FN5O2S/c1-12-7-15(27-30)9-17-20(12)21(24-11-23-17)26-16-6-5-13(22)8-18(16)29-10-19(28)25-14-3-2-4-14/h5-9,11,14H,2-4,10H2,1H3,(H,25,28)(H,23,24,26). The van der Waals surface area contributed by atoms with Gasteiger partial charge < -0.3 is 15.4 Å². The number of rotatable bonds is 7. The van der Waals surface area contributed by atoms with Crippen LogP contribution in [0.5, 0.6) is 5.75 Å². The summed E-state index contributed by atoms with van der Waals surface area (Å²) >= 11 is 4.78. The van der Waals surface area contributed by atoms with Crippen LogP contribution in [0, 0.1) is 12.7 Å². The third kappa shape index (κ3) is 4.35. The summed E-state index contributed by atoms with van der Waals surface area (Å²) in [5.74, 6) is 0.0676. The number of hydrogen-bond acceptors (Lipinski definition) is 7. The smallest absolute Gasteiger partial charge is 0.258 e. The van der Waals surface area contributed by atoms with E-state index in [0.29, 0.717) is 22.7 Å². The highest BCUT2D eigenvalue weighted by atomic mass is 32.1. The van der Waals surface area contributed by atoms with Crippen molar-refractivity contribution in [2.75, 3.05) is 11.9 Å². The van der Waals surface area contributed by atoms with E-state index in [2.05, 4.69) is 25.0 Å². The van der Waals surface area contributed by atoms with Crippen LogP contribution < -0.4 is 15.4 Å². The Morgan fingerprint density at radius 3 is 2.87 bits per heavy atom. The lowest BCUT2D eigenvalue weighted by Gasteiger charge is -2.26. The normalized spacial score (nSPS) is 13.5. The fourth-order valence-electron chi connectivity index (χ4n) is 3.33. The molecule has 0 atom stereocenters. The van der Waals surface area contributed by atoms with Crippen molar-refractivity contribution in [3.63, 3.8) is 0 Å². The van der Waals surface area contributed by atoms with Crippen LogP contribution in [0.3, 0.4) is 0 Å². The second-order valence-corrected chi connectivity index (χ2v) is 7.40. The molecule has 0 aliphatic heterocycles.